The molecule has 0 spiro atoms. The number of carboxylic acid groups (broad SMARTS) is 1. The number of nitrogens with one attached hydrogen (secondary N) is 2. The van der Waals surface area contributed by atoms with Crippen molar-refractivity contribution in [2.75, 3.05) is 10.0 Å². The van der Waals surface area contributed by atoms with Crippen molar-refractivity contribution in [1.82, 2.24) is 9.55 Å². The first-order valence-electron chi connectivity index (χ1n) is 12.5. The second-order valence-electron chi connectivity index (χ2n) is 9.35. The minimum absolute atomic E-state index is 0.0378. The van der Waals surface area contributed by atoms with Gasteiger partial charge in [0.05, 0.1) is 12.2 Å². The van der Waals surface area contributed by atoms with Gasteiger partial charge in [-0.05, 0) is 53.8 Å². The standard InChI is InChI=1S/C29H23BrN4O6S2/c1-16-28(41-29(31-16)32-17(2)35)42(39,40)33-21-11-8-18(9-12-21)15-34-25(27(37)38)24(19-6-4-3-5-7-19)23-14-20(30)10-13-22(23)26(34)36/h3-14,33H,15H2,1-2H3,(H,37,38)(H,31,32,35). The van der Waals surface area contributed by atoms with Gasteiger partial charge in [-0.3, -0.25) is 18.9 Å². The number of thiazole rings is 1. The highest BCUT2D eigenvalue weighted by atomic mass is 79.9. The molecular weight excluding hydrogens is 644 g/mol. The highest BCUT2D eigenvalue weighted by molar-refractivity contribution is 9.10. The Morgan fingerprint density at radius 1 is 1.02 bits per heavy atom. The third kappa shape index (κ3) is 5.84. The van der Waals surface area contributed by atoms with E-state index in [2.05, 4.69) is 31.0 Å². The van der Waals surface area contributed by atoms with Gasteiger partial charge >= 0.3 is 5.97 Å². The predicted octanol–water partition coefficient (Wildman–Crippen LogP) is 5.70. The summed E-state index contributed by atoms with van der Waals surface area (Å²) in [6.07, 6.45) is 0. The number of carboxylic acids is 1. The number of halogens is 1. The van der Waals surface area contributed by atoms with Gasteiger partial charge in [0.15, 0.2) is 9.34 Å². The SMILES string of the molecule is CC(=O)Nc1nc(C)c(S(=O)(=O)Nc2ccc(Cn3c(C(=O)O)c(-c4ccccc4)c4cc(Br)ccc4c3=O)cc2)s1. The number of carbonyl (C=O) groups is 2. The van der Waals surface area contributed by atoms with E-state index in [1.165, 1.54) is 30.5 Å². The summed E-state index contributed by atoms with van der Waals surface area (Å²) in [6, 6.07) is 20.4. The van der Waals surface area contributed by atoms with E-state index in [1.54, 1.807) is 54.6 Å². The zero-order valence-corrected chi connectivity index (χ0v) is 25.4. The van der Waals surface area contributed by atoms with Gasteiger partial charge in [0, 0.05) is 28.0 Å². The Hall–Kier alpha value is -4.33. The van der Waals surface area contributed by atoms with Crippen molar-refractivity contribution in [3.63, 3.8) is 0 Å². The van der Waals surface area contributed by atoms with Gasteiger partial charge in [-0.25, -0.2) is 18.2 Å². The van der Waals surface area contributed by atoms with E-state index in [0.29, 0.717) is 31.9 Å². The molecule has 0 aliphatic carbocycles. The van der Waals surface area contributed by atoms with Crippen LogP contribution in [-0.2, 0) is 21.4 Å². The number of benzene rings is 3. The number of aromatic carboxylic acids is 1. The Balaban J connectivity index is 1.52. The van der Waals surface area contributed by atoms with Crippen LogP contribution in [0.15, 0.2) is 86.3 Å². The molecule has 0 radical (unpaired) electrons. The lowest BCUT2D eigenvalue weighted by Crippen LogP contribution is -2.28. The molecule has 13 heteroatoms. The number of aryl methyl sites for hydroxylation is 1. The number of rotatable bonds is 8. The quantitative estimate of drug-likeness (QED) is 0.192. The molecule has 0 saturated heterocycles. The van der Waals surface area contributed by atoms with Gasteiger partial charge in [0.25, 0.3) is 15.6 Å². The lowest BCUT2D eigenvalue weighted by Gasteiger charge is -2.18. The monoisotopic (exact) mass is 666 g/mol. The summed E-state index contributed by atoms with van der Waals surface area (Å²) in [4.78, 5) is 41.7. The summed E-state index contributed by atoms with van der Waals surface area (Å²) in [5.41, 5.74) is 1.53. The topological polar surface area (TPSA) is 147 Å². The second kappa shape index (κ2) is 11.5. The van der Waals surface area contributed by atoms with Gasteiger partial charge in [-0.1, -0.05) is 69.7 Å². The van der Waals surface area contributed by atoms with E-state index < -0.39 is 21.6 Å². The minimum Gasteiger partial charge on any atom is -0.477 e. The summed E-state index contributed by atoms with van der Waals surface area (Å²) >= 11 is 4.27. The van der Waals surface area contributed by atoms with E-state index in [9.17, 15) is 27.9 Å². The van der Waals surface area contributed by atoms with Crippen LogP contribution in [0.5, 0.6) is 0 Å². The molecule has 3 N–H and O–H groups in total. The van der Waals surface area contributed by atoms with Gasteiger partial charge < -0.3 is 10.4 Å². The first-order valence-corrected chi connectivity index (χ1v) is 15.6. The summed E-state index contributed by atoms with van der Waals surface area (Å²) in [5, 5.41) is 13.9. The Labute approximate surface area is 252 Å². The van der Waals surface area contributed by atoms with Crippen molar-refractivity contribution in [1.29, 1.82) is 0 Å². The number of nitrogens with zero attached hydrogens (tertiary/aromatic N) is 2. The number of amides is 1. The molecule has 3 aromatic carbocycles. The van der Waals surface area contributed by atoms with Crippen LogP contribution < -0.4 is 15.6 Å². The maximum atomic E-state index is 13.6. The fourth-order valence-electron chi connectivity index (χ4n) is 4.59. The normalized spacial score (nSPS) is 11.4. The van der Waals surface area contributed by atoms with Crippen molar-refractivity contribution in [2.24, 2.45) is 0 Å². The first-order chi connectivity index (χ1) is 19.9. The number of pyridine rings is 1. The Bertz CT molecular complexity index is 2020. The number of aromatic nitrogens is 2. The van der Waals surface area contributed by atoms with Crippen molar-refractivity contribution in [3.8, 4) is 11.1 Å². The van der Waals surface area contributed by atoms with Crippen LogP contribution in [0.25, 0.3) is 21.9 Å². The predicted molar refractivity (Wildman–Crippen MR) is 166 cm³/mol. The lowest BCUT2D eigenvalue weighted by molar-refractivity contribution is -0.114. The molecule has 42 heavy (non-hydrogen) atoms. The number of carbonyl (C=O) groups excluding carboxylic acids is 1. The van der Waals surface area contributed by atoms with E-state index >= 15 is 0 Å². The third-order valence-corrected chi connectivity index (χ3v) is 9.88. The largest absolute Gasteiger partial charge is 0.477 e. The second-order valence-corrected chi connectivity index (χ2v) is 13.1. The molecule has 0 unspecified atom stereocenters. The fraction of sp³-hybridized carbons (Fsp3) is 0.103. The van der Waals surface area contributed by atoms with E-state index in [0.717, 1.165) is 11.3 Å². The van der Waals surface area contributed by atoms with Crippen molar-refractivity contribution < 1.29 is 23.1 Å². The molecule has 0 fully saturated rings. The van der Waals surface area contributed by atoms with Gasteiger partial charge in [-0.15, -0.1) is 0 Å². The van der Waals surface area contributed by atoms with Crippen LogP contribution in [-0.4, -0.2) is 35.0 Å². The molecule has 2 aromatic heterocycles. The summed E-state index contributed by atoms with van der Waals surface area (Å²) in [5.74, 6) is -1.62. The Kier molecular flexibility index (Phi) is 7.99. The molecule has 0 bridgehead atoms. The van der Waals surface area contributed by atoms with Gasteiger partial charge in [0.2, 0.25) is 5.91 Å². The van der Waals surface area contributed by atoms with Crippen LogP contribution in [0, 0.1) is 6.92 Å². The molecule has 2 heterocycles. The molecule has 5 aromatic rings. The minimum atomic E-state index is -4.00. The van der Waals surface area contributed by atoms with Crippen molar-refractivity contribution in [3.05, 3.63) is 105 Å². The van der Waals surface area contributed by atoms with E-state index in [-0.39, 0.29) is 38.9 Å². The molecule has 10 nitrogen and oxygen atoms in total. The number of hydrogen-bond acceptors (Lipinski definition) is 7. The molecule has 0 atom stereocenters. The molecule has 0 saturated carbocycles. The van der Waals surface area contributed by atoms with Gasteiger partial charge in [0.1, 0.15) is 5.69 Å². The summed E-state index contributed by atoms with van der Waals surface area (Å²) < 4.78 is 30.4. The summed E-state index contributed by atoms with van der Waals surface area (Å²) in [7, 11) is -4.00. The average molecular weight is 668 g/mol. The highest BCUT2D eigenvalue weighted by Crippen LogP contribution is 2.33. The molecule has 0 aliphatic heterocycles. The zero-order valence-electron chi connectivity index (χ0n) is 22.2. The van der Waals surface area contributed by atoms with Crippen LogP contribution in [0.1, 0.15) is 28.7 Å². The first kappa shape index (κ1) is 29.2. The number of anilines is 2. The van der Waals surface area contributed by atoms with Crippen LogP contribution in [0.3, 0.4) is 0 Å². The molecule has 214 valence electrons. The third-order valence-electron chi connectivity index (χ3n) is 6.33. The van der Waals surface area contributed by atoms with E-state index in [4.69, 9.17) is 0 Å². The van der Waals surface area contributed by atoms with Crippen LogP contribution in [0.2, 0.25) is 0 Å². The maximum absolute atomic E-state index is 13.6. The number of sulfonamides is 1. The Morgan fingerprint density at radius 2 is 1.71 bits per heavy atom. The lowest BCUT2D eigenvalue weighted by atomic mass is 9.96. The van der Waals surface area contributed by atoms with E-state index in [1.807, 2.05) is 6.07 Å². The molecule has 5 rings (SSSR count). The van der Waals surface area contributed by atoms with Crippen molar-refractivity contribution in [2.45, 2.75) is 24.6 Å². The van der Waals surface area contributed by atoms with Crippen molar-refractivity contribution >= 4 is 70.8 Å². The van der Waals surface area contributed by atoms with Crippen LogP contribution >= 0.6 is 27.3 Å². The number of fused-ring (bicyclic) bond motifs is 1. The average Bonchev–Trinajstić information content (AvgIpc) is 3.31. The molecule has 1 amide bonds. The zero-order chi connectivity index (χ0) is 30.2. The maximum Gasteiger partial charge on any atom is 0.353 e. The molecular formula is C29H23BrN4O6S2. The smallest absolute Gasteiger partial charge is 0.353 e. The molecule has 0 aliphatic rings. The summed E-state index contributed by atoms with van der Waals surface area (Å²) in [6.45, 7) is 2.77. The van der Waals surface area contributed by atoms with Crippen LogP contribution in [0.4, 0.5) is 10.8 Å². The highest BCUT2D eigenvalue weighted by Gasteiger charge is 2.24. The fourth-order valence-corrected chi connectivity index (χ4v) is 7.47. The Morgan fingerprint density at radius 3 is 2.36 bits per heavy atom. The van der Waals surface area contributed by atoms with Gasteiger partial charge in [-0.2, -0.15) is 0 Å². The number of hydrogen-bond donors (Lipinski definition) is 3.